The third-order valence-electron chi connectivity index (χ3n) is 2.87. The summed E-state index contributed by atoms with van der Waals surface area (Å²) >= 11 is 0. The Kier molecular flexibility index (Phi) is 16.0. The number of esters is 2. The molecule has 0 unspecified atom stereocenters. The van der Waals surface area contributed by atoms with Gasteiger partial charge in [-0.1, -0.05) is 0 Å². The van der Waals surface area contributed by atoms with Gasteiger partial charge in [0, 0.05) is 0 Å². The molecule has 0 atom stereocenters. The highest BCUT2D eigenvalue weighted by Gasteiger charge is 2.41. The van der Waals surface area contributed by atoms with E-state index in [0.29, 0.717) is 0 Å². The molecule has 0 saturated heterocycles. The maximum Gasteiger partial charge on any atom is 0.490 e. The molecule has 0 saturated carbocycles. The van der Waals surface area contributed by atoms with Gasteiger partial charge in [0.15, 0.2) is 0 Å². The van der Waals surface area contributed by atoms with Crippen molar-refractivity contribution in [3.05, 3.63) is 0 Å². The van der Waals surface area contributed by atoms with E-state index in [-0.39, 0.29) is 66.1 Å². The summed E-state index contributed by atoms with van der Waals surface area (Å²) in [5, 5.41) is 0. The molecule has 0 aromatic carbocycles. The van der Waals surface area contributed by atoms with E-state index in [0.717, 1.165) is 0 Å². The number of ether oxygens (including phenoxy) is 7. The zero-order valence-electron chi connectivity index (χ0n) is 16.4. The number of carbonyl (C=O) groups excluding carboxylic acids is 2. The van der Waals surface area contributed by atoms with Gasteiger partial charge in [-0.2, -0.15) is 26.3 Å². The topological polar surface area (TPSA) is 98.8 Å². The van der Waals surface area contributed by atoms with Crippen LogP contribution in [0.1, 0.15) is 0 Å². The number of hydrogen-bond donors (Lipinski definition) is 0. The fourth-order valence-electron chi connectivity index (χ4n) is 1.53. The first-order valence-electron chi connectivity index (χ1n) is 8.91. The Morgan fingerprint density at radius 1 is 0.419 bits per heavy atom. The van der Waals surface area contributed by atoms with Crippen molar-refractivity contribution >= 4 is 11.9 Å². The molecule has 0 rings (SSSR count). The summed E-state index contributed by atoms with van der Waals surface area (Å²) in [6.07, 6.45) is -10.1. The molecule has 0 bridgehead atoms. The van der Waals surface area contributed by atoms with Gasteiger partial charge in [0.2, 0.25) is 0 Å². The lowest BCUT2D eigenvalue weighted by Crippen LogP contribution is -2.26. The van der Waals surface area contributed by atoms with Crippen molar-refractivity contribution in [2.45, 2.75) is 12.4 Å². The largest absolute Gasteiger partial charge is 0.490 e. The molecule has 15 heteroatoms. The van der Waals surface area contributed by atoms with Crippen LogP contribution in [0.4, 0.5) is 26.3 Å². The van der Waals surface area contributed by atoms with Crippen molar-refractivity contribution in [2.24, 2.45) is 0 Å². The lowest BCUT2D eigenvalue weighted by atomic mass is 10.6. The van der Waals surface area contributed by atoms with Crippen molar-refractivity contribution in [3.8, 4) is 0 Å². The van der Waals surface area contributed by atoms with E-state index in [1.54, 1.807) is 0 Å². The minimum absolute atomic E-state index is 0.0993. The fourth-order valence-corrected chi connectivity index (χ4v) is 1.53. The second-order valence-electron chi connectivity index (χ2n) is 5.33. The first-order valence-corrected chi connectivity index (χ1v) is 8.91. The van der Waals surface area contributed by atoms with Crippen LogP contribution in [0.15, 0.2) is 0 Å². The molecule has 0 aliphatic heterocycles. The molecular weight excluding hydrogens is 450 g/mol. The van der Waals surface area contributed by atoms with E-state index in [1.165, 1.54) is 0 Å². The lowest BCUT2D eigenvalue weighted by Gasteiger charge is -2.09. The van der Waals surface area contributed by atoms with Crippen LogP contribution in [0.2, 0.25) is 0 Å². The Balaban J connectivity index is 3.21. The summed E-state index contributed by atoms with van der Waals surface area (Å²) in [7, 11) is 0. The van der Waals surface area contributed by atoms with Crippen LogP contribution < -0.4 is 0 Å². The standard InChI is InChI=1S/C16H24F6O9/c17-15(18,19)13(23)30-11-9-28-7-5-26-3-1-25-2-4-27-6-8-29-10-12-31-14(24)16(20,21)22/h1-12H2. The average molecular weight is 474 g/mol. The molecule has 0 heterocycles. The number of rotatable bonds is 18. The second-order valence-corrected chi connectivity index (χ2v) is 5.33. The maximum atomic E-state index is 11.8. The van der Waals surface area contributed by atoms with Gasteiger partial charge in [0.05, 0.1) is 66.1 Å². The Bertz CT molecular complexity index is 443. The third-order valence-corrected chi connectivity index (χ3v) is 2.87. The summed E-state index contributed by atoms with van der Waals surface area (Å²) in [5.74, 6) is -4.54. The predicted molar refractivity (Wildman–Crippen MR) is 88.1 cm³/mol. The molecule has 9 nitrogen and oxygen atoms in total. The van der Waals surface area contributed by atoms with Gasteiger partial charge in [-0.05, 0) is 0 Å². The number of halogens is 6. The minimum atomic E-state index is -5.03. The summed E-state index contributed by atoms with van der Waals surface area (Å²) in [6.45, 7) is 0.119. The maximum absolute atomic E-state index is 11.8. The molecule has 0 aliphatic rings. The van der Waals surface area contributed by atoms with Gasteiger partial charge in [-0.3, -0.25) is 0 Å². The van der Waals surface area contributed by atoms with Crippen molar-refractivity contribution in [1.82, 2.24) is 0 Å². The molecule has 184 valence electrons. The fraction of sp³-hybridized carbons (Fsp3) is 0.875. The van der Waals surface area contributed by atoms with Crippen LogP contribution in [0.5, 0.6) is 0 Å². The molecule has 0 spiro atoms. The van der Waals surface area contributed by atoms with E-state index in [4.69, 9.17) is 23.7 Å². The van der Waals surface area contributed by atoms with E-state index in [1.807, 2.05) is 0 Å². The minimum Gasteiger partial charge on any atom is -0.457 e. The van der Waals surface area contributed by atoms with Crippen molar-refractivity contribution in [3.63, 3.8) is 0 Å². The monoisotopic (exact) mass is 474 g/mol. The first-order chi connectivity index (χ1) is 14.5. The lowest BCUT2D eigenvalue weighted by molar-refractivity contribution is -0.200. The first kappa shape index (κ1) is 29.3. The number of alkyl halides is 6. The van der Waals surface area contributed by atoms with Gasteiger partial charge in [0.25, 0.3) is 0 Å². The number of hydrogen-bond acceptors (Lipinski definition) is 9. The zero-order valence-corrected chi connectivity index (χ0v) is 16.4. The smallest absolute Gasteiger partial charge is 0.457 e. The van der Waals surface area contributed by atoms with Gasteiger partial charge in [-0.25, -0.2) is 9.59 Å². The molecule has 31 heavy (non-hydrogen) atoms. The molecular formula is C16H24F6O9. The second kappa shape index (κ2) is 16.9. The third kappa shape index (κ3) is 18.8. The molecule has 0 aromatic heterocycles. The highest BCUT2D eigenvalue weighted by Crippen LogP contribution is 2.16. The Morgan fingerprint density at radius 3 is 0.806 bits per heavy atom. The molecule has 0 fully saturated rings. The van der Waals surface area contributed by atoms with Crippen LogP contribution in [0, 0.1) is 0 Å². The van der Waals surface area contributed by atoms with Crippen molar-refractivity contribution in [1.29, 1.82) is 0 Å². The highest BCUT2D eigenvalue weighted by molar-refractivity contribution is 5.75. The molecule has 0 aromatic rings. The summed E-state index contributed by atoms with van der Waals surface area (Å²) < 4.78 is 104. The van der Waals surface area contributed by atoms with Crippen molar-refractivity contribution < 1.29 is 69.1 Å². The molecule has 0 aliphatic carbocycles. The van der Waals surface area contributed by atoms with Gasteiger partial charge in [-0.15, -0.1) is 0 Å². The molecule has 0 amide bonds. The van der Waals surface area contributed by atoms with Crippen LogP contribution in [-0.4, -0.2) is 104 Å². The van der Waals surface area contributed by atoms with Crippen LogP contribution in [-0.2, 0) is 42.7 Å². The zero-order chi connectivity index (χ0) is 23.6. The van der Waals surface area contributed by atoms with Gasteiger partial charge >= 0.3 is 24.3 Å². The Morgan fingerprint density at radius 2 is 0.613 bits per heavy atom. The SMILES string of the molecule is O=C(OCCOCCOCCOCCOCCOCCOC(=O)C(F)(F)F)C(F)(F)F. The highest BCUT2D eigenvalue weighted by atomic mass is 19.4. The van der Waals surface area contributed by atoms with Gasteiger partial charge < -0.3 is 33.2 Å². The van der Waals surface area contributed by atoms with Gasteiger partial charge in [0.1, 0.15) is 13.2 Å². The van der Waals surface area contributed by atoms with E-state index < -0.39 is 37.5 Å². The average Bonchev–Trinajstić information content (AvgIpc) is 2.67. The van der Waals surface area contributed by atoms with Crippen LogP contribution >= 0.6 is 0 Å². The van der Waals surface area contributed by atoms with Crippen LogP contribution in [0.25, 0.3) is 0 Å². The Labute approximate surface area is 173 Å². The summed E-state index contributed by atoms with van der Waals surface area (Å²) in [6, 6.07) is 0. The predicted octanol–water partition coefficient (Wildman–Crippen LogP) is 1.28. The molecule has 0 radical (unpaired) electrons. The van der Waals surface area contributed by atoms with E-state index >= 15 is 0 Å². The van der Waals surface area contributed by atoms with Crippen molar-refractivity contribution in [2.75, 3.05) is 79.3 Å². The summed E-state index contributed by atoms with van der Waals surface area (Å²) in [4.78, 5) is 20.8. The normalized spacial score (nSPS) is 12.1. The van der Waals surface area contributed by atoms with Crippen LogP contribution in [0.3, 0.4) is 0 Å². The quantitative estimate of drug-likeness (QED) is 0.165. The van der Waals surface area contributed by atoms with E-state index in [2.05, 4.69) is 9.47 Å². The van der Waals surface area contributed by atoms with E-state index in [9.17, 15) is 35.9 Å². The molecule has 0 N–H and O–H groups in total. The summed E-state index contributed by atoms with van der Waals surface area (Å²) in [5.41, 5.74) is 0. The Hall–Kier alpha value is -1.68. The number of carbonyl (C=O) groups is 2.